The minimum absolute atomic E-state index is 0.0251. The van der Waals surface area contributed by atoms with Crippen LogP contribution in [0.3, 0.4) is 0 Å². The Bertz CT molecular complexity index is 546. The second-order valence-electron chi connectivity index (χ2n) is 5.65. The molecule has 0 bridgehead atoms. The molecule has 1 aromatic rings. The monoisotopic (exact) mass is 321 g/mol. The molecule has 1 N–H and O–H groups in total. The maximum Gasteiger partial charge on any atom is 0.306 e. The number of carboxylic acid groups (broad SMARTS) is 1. The summed E-state index contributed by atoms with van der Waals surface area (Å²) in [4.78, 5) is 24.6. The topological polar surface area (TPSA) is 76.1 Å². The van der Waals surface area contributed by atoms with Gasteiger partial charge in [0.2, 0.25) is 5.91 Å². The summed E-state index contributed by atoms with van der Waals surface area (Å²) in [6, 6.07) is 7.77. The summed E-state index contributed by atoms with van der Waals surface area (Å²) in [7, 11) is 0. The summed E-state index contributed by atoms with van der Waals surface area (Å²) < 4.78 is 11.0. The van der Waals surface area contributed by atoms with Crippen LogP contribution in [-0.2, 0) is 14.3 Å². The van der Waals surface area contributed by atoms with E-state index in [4.69, 9.17) is 14.6 Å². The van der Waals surface area contributed by atoms with E-state index in [9.17, 15) is 9.59 Å². The van der Waals surface area contributed by atoms with Crippen LogP contribution in [0.4, 0.5) is 0 Å². The quantitative estimate of drug-likeness (QED) is 0.776. The minimum Gasteiger partial charge on any atom is -0.493 e. The Morgan fingerprint density at radius 1 is 1.39 bits per heavy atom. The Hall–Kier alpha value is -2.08. The molecule has 23 heavy (non-hydrogen) atoms. The van der Waals surface area contributed by atoms with Crippen molar-refractivity contribution in [1.82, 2.24) is 4.90 Å². The summed E-state index contributed by atoms with van der Waals surface area (Å²) in [6.07, 6.45) is 0.549. The molecule has 0 aliphatic carbocycles. The largest absolute Gasteiger partial charge is 0.493 e. The van der Waals surface area contributed by atoms with Gasteiger partial charge in [0.25, 0.3) is 0 Å². The van der Waals surface area contributed by atoms with Crippen LogP contribution in [0.5, 0.6) is 5.75 Å². The Labute approximate surface area is 136 Å². The first-order chi connectivity index (χ1) is 11.1. The molecule has 2 rings (SSSR count). The third kappa shape index (κ3) is 5.56. The fourth-order valence-corrected chi connectivity index (χ4v) is 2.55. The average molecular weight is 321 g/mol. The molecular formula is C17H23NO5. The molecule has 1 atom stereocenters. The molecule has 0 saturated carbocycles. The van der Waals surface area contributed by atoms with Crippen LogP contribution in [0.1, 0.15) is 24.8 Å². The molecule has 1 heterocycles. The number of carbonyl (C=O) groups is 2. The van der Waals surface area contributed by atoms with Gasteiger partial charge in [0.15, 0.2) is 0 Å². The van der Waals surface area contributed by atoms with Gasteiger partial charge >= 0.3 is 5.97 Å². The molecule has 6 heteroatoms. The van der Waals surface area contributed by atoms with Crippen molar-refractivity contribution in [2.45, 2.75) is 32.3 Å². The number of morpholine rings is 1. The number of benzene rings is 1. The van der Waals surface area contributed by atoms with E-state index in [-0.39, 0.29) is 12.3 Å². The minimum atomic E-state index is -0.907. The summed E-state index contributed by atoms with van der Waals surface area (Å²) in [5.41, 5.74) is 1.07. The van der Waals surface area contributed by atoms with E-state index in [1.165, 1.54) is 0 Å². The van der Waals surface area contributed by atoms with Gasteiger partial charge in [0, 0.05) is 19.5 Å². The van der Waals surface area contributed by atoms with E-state index < -0.39 is 12.1 Å². The first kappa shape index (κ1) is 17.3. The van der Waals surface area contributed by atoms with Gasteiger partial charge in [-0.25, -0.2) is 0 Å². The molecule has 0 spiro atoms. The van der Waals surface area contributed by atoms with E-state index in [1.54, 1.807) is 4.90 Å². The number of aliphatic carboxylic acids is 1. The second kappa shape index (κ2) is 8.53. The molecule has 126 valence electrons. The molecule has 1 amide bonds. The van der Waals surface area contributed by atoms with E-state index in [0.29, 0.717) is 39.1 Å². The highest BCUT2D eigenvalue weighted by Crippen LogP contribution is 2.17. The molecule has 1 fully saturated rings. The van der Waals surface area contributed by atoms with E-state index in [2.05, 4.69) is 0 Å². The van der Waals surface area contributed by atoms with E-state index in [0.717, 1.165) is 11.3 Å². The maximum atomic E-state index is 12.2. The van der Waals surface area contributed by atoms with Crippen molar-refractivity contribution in [2.24, 2.45) is 0 Å². The molecule has 1 saturated heterocycles. The zero-order valence-electron chi connectivity index (χ0n) is 13.4. The lowest BCUT2D eigenvalue weighted by Gasteiger charge is -2.32. The fraction of sp³-hybridized carbons (Fsp3) is 0.529. The molecule has 6 nitrogen and oxygen atoms in total. The number of carbonyl (C=O) groups excluding carboxylic acids is 1. The van der Waals surface area contributed by atoms with Crippen LogP contribution in [-0.4, -0.2) is 54.3 Å². The Balaban J connectivity index is 1.70. The van der Waals surface area contributed by atoms with Crippen molar-refractivity contribution < 1.29 is 24.2 Å². The third-order valence-electron chi connectivity index (χ3n) is 3.78. The van der Waals surface area contributed by atoms with Crippen LogP contribution in [0.15, 0.2) is 24.3 Å². The van der Waals surface area contributed by atoms with Gasteiger partial charge in [0.1, 0.15) is 5.75 Å². The molecule has 1 aromatic carbocycles. The second-order valence-corrected chi connectivity index (χ2v) is 5.65. The van der Waals surface area contributed by atoms with E-state index in [1.807, 2.05) is 31.2 Å². The number of ether oxygens (including phenoxy) is 2. The SMILES string of the molecule is Cc1ccccc1OCCCC(=O)N1CCO[C@H](CC(=O)O)C1. The third-order valence-corrected chi connectivity index (χ3v) is 3.78. The molecule has 1 aliphatic heterocycles. The Morgan fingerprint density at radius 2 is 2.17 bits per heavy atom. The number of carboxylic acids is 1. The number of hydrogen-bond acceptors (Lipinski definition) is 4. The highest BCUT2D eigenvalue weighted by Gasteiger charge is 2.25. The molecule has 0 aromatic heterocycles. The lowest BCUT2D eigenvalue weighted by atomic mass is 10.2. The normalized spacial score (nSPS) is 17.8. The summed E-state index contributed by atoms with van der Waals surface area (Å²) >= 11 is 0. The van der Waals surface area contributed by atoms with Gasteiger partial charge in [-0.15, -0.1) is 0 Å². The molecular weight excluding hydrogens is 298 g/mol. The predicted molar refractivity (Wildman–Crippen MR) is 84.5 cm³/mol. The van der Waals surface area contributed by atoms with Crippen molar-refractivity contribution in [1.29, 1.82) is 0 Å². The standard InChI is InChI=1S/C17H23NO5/c1-13-5-2-3-6-15(13)23-9-4-7-16(19)18-8-10-22-14(12-18)11-17(20)21/h2-3,5-6,14H,4,7-12H2,1H3,(H,20,21)/t14-/m1/s1. The number of aryl methyl sites for hydroxylation is 1. The van der Waals surface area contributed by atoms with Crippen molar-refractivity contribution >= 4 is 11.9 Å². The fourth-order valence-electron chi connectivity index (χ4n) is 2.55. The van der Waals surface area contributed by atoms with Crippen LogP contribution in [0.25, 0.3) is 0 Å². The van der Waals surface area contributed by atoms with Crippen LogP contribution >= 0.6 is 0 Å². The smallest absolute Gasteiger partial charge is 0.306 e. The first-order valence-electron chi connectivity index (χ1n) is 7.86. The van der Waals surface area contributed by atoms with Crippen LogP contribution < -0.4 is 4.74 Å². The first-order valence-corrected chi connectivity index (χ1v) is 7.86. The number of rotatable bonds is 7. The highest BCUT2D eigenvalue weighted by molar-refractivity contribution is 5.76. The van der Waals surface area contributed by atoms with Crippen LogP contribution in [0.2, 0.25) is 0 Å². The lowest BCUT2D eigenvalue weighted by molar-refractivity contribution is -0.147. The average Bonchev–Trinajstić information content (AvgIpc) is 2.52. The van der Waals surface area contributed by atoms with Gasteiger partial charge in [-0.3, -0.25) is 9.59 Å². The maximum absolute atomic E-state index is 12.2. The zero-order chi connectivity index (χ0) is 16.7. The summed E-state index contributed by atoms with van der Waals surface area (Å²) in [5, 5.41) is 8.79. The number of amides is 1. The van der Waals surface area contributed by atoms with Gasteiger partial charge in [-0.05, 0) is 25.0 Å². The number of nitrogens with zero attached hydrogens (tertiary/aromatic N) is 1. The molecule has 0 radical (unpaired) electrons. The summed E-state index contributed by atoms with van der Waals surface area (Å²) in [6.45, 7) is 3.73. The van der Waals surface area contributed by atoms with Gasteiger partial charge < -0.3 is 19.5 Å². The summed E-state index contributed by atoms with van der Waals surface area (Å²) in [5.74, 6) is -0.0409. The van der Waals surface area contributed by atoms with Crippen molar-refractivity contribution in [3.63, 3.8) is 0 Å². The Morgan fingerprint density at radius 3 is 2.91 bits per heavy atom. The van der Waals surface area contributed by atoms with Gasteiger partial charge in [-0.1, -0.05) is 18.2 Å². The van der Waals surface area contributed by atoms with Crippen molar-refractivity contribution in [2.75, 3.05) is 26.3 Å². The van der Waals surface area contributed by atoms with Gasteiger partial charge in [-0.2, -0.15) is 0 Å². The number of hydrogen-bond donors (Lipinski definition) is 1. The van der Waals surface area contributed by atoms with Crippen molar-refractivity contribution in [3.05, 3.63) is 29.8 Å². The number of para-hydroxylation sites is 1. The molecule has 1 aliphatic rings. The molecule has 0 unspecified atom stereocenters. The van der Waals surface area contributed by atoms with Crippen LogP contribution in [0, 0.1) is 6.92 Å². The highest BCUT2D eigenvalue weighted by atomic mass is 16.5. The van der Waals surface area contributed by atoms with Crippen molar-refractivity contribution in [3.8, 4) is 5.75 Å². The Kier molecular flexibility index (Phi) is 6.40. The zero-order valence-corrected chi connectivity index (χ0v) is 13.4. The van der Waals surface area contributed by atoms with E-state index >= 15 is 0 Å². The lowest BCUT2D eigenvalue weighted by Crippen LogP contribution is -2.46. The predicted octanol–water partition coefficient (Wildman–Crippen LogP) is 1.86. The van der Waals surface area contributed by atoms with Gasteiger partial charge in [0.05, 0.1) is 25.7 Å².